The summed E-state index contributed by atoms with van der Waals surface area (Å²) in [7, 11) is 0. The summed E-state index contributed by atoms with van der Waals surface area (Å²) in [6.07, 6.45) is 5.96. The summed E-state index contributed by atoms with van der Waals surface area (Å²) < 4.78 is 7.42. The molecule has 5 rings (SSSR count). The third-order valence-electron chi connectivity index (χ3n) is 6.77. The molecule has 2 aromatic carbocycles. The second-order valence-corrected chi connectivity index (χ2v) is 10.5. The highest BCUT2D eigenvalue weighted by Crippen LogP contribution is 2.42. The molecule has 0 unspecified atom stereocenters. The minimum atomic E-state index is -0.542. The zero-order valence-electron chi connectivity index (χ0n) is 21.6. The Hall–Kier alpha value is -4.19. The van der Waals surface area contributed by atoms with E-state index in [9.17, 15) is 4.79 Å². The van der Waals surface area contributed by atoms with Gasteiger partial charge in [0.15, 0.2) is 5.65 Å². The highest BCUT2D eigenvalue weighted by molar-refractivity contribution is 5.84. The monoisotopic (exact) mass is 492 g/mol. The average molecular weight is 493 g/mol. The molecule has 1 aliphatic carbocycles. The second-order valence-electron chi connectivity index (χ2n) is 10.5. The molecule has 1 fully saturated rings. The van der Waals surface area contributed by atoms with Gasteiger partial charge in [0.2, 0.25) is 0 Å². The van der Waals surface area contributed by atoms with Crippen molar-refractivity contribution in [2.45, 2.75) is 51.2 Å². The number of aromatic nitrogens is 3. The van der Waals surface area contributed by atoms with Gasteiger partial charge in [0.25, 0.3) is 0 Å². The first-order chi connectivity index (χ1) is 17.7. The average Bonchev–Trinajstić information content (AvgIpc) is 3.24. The van der Waals surface area contributed by atoms with Crippen molar-refractivity contribution in [2.24, 2.45) is 0 Å². The van der Waals surface area contributed by atoms with E-state index in [1.165, 1.54) is 0 Å². The molecule has 188 valence electrons. The molecule has 1 N–H and O–H groups in total. The van der Waals surface area contributed by atoms with Crippen LogP contribution >= 0.6 is 0 Å². The second kappa shape index (κ2) is 9.36. The number of alkyl carbamates (subject to hydrolysis) is 1. The van der Waals surface area contributed by atoms with Crippen molar-refractivity contribution in [3.05, 3.63) is 90.6 Å². The molecule has 0 saturated heterocycles. The van der Waals surface area contributed by atoms with E-state index < -0.39 is 11.1 Å². The summed E-state index contributed by atoms with van der Waals surface area (Å²) in [5.41, 5.74) is 6.21. The normalized spacial score (nSPS) is 14.6. The fraction of sp³-hybridized carbons (Fsp3) is 0.258. The number of carbonyl (C=O) groups is 1. The summed E-state index contributed by atoms with van der Waals surface area (Å²) in [4.78, 5) is 17.6. The van der Waals surface area contributed by atoms with Crippen molar-refractivity contribution in [3.8, 4) is 22.5 Å². The molecule has 1 saturated carbocycles. The predicted octanol–water partition coefficient (Wildman–Crippen LogP) is 7.25. The Morgan fingerprint density at radius 1 is 1.03 bits per heavy atom. The summed E-state index contributed by atoms with van der Waals surface area (Å²) in [6, 6.07) is 20.4. The number of benzene rings is 2. The number of rotatable bonds is 6. The molecule has 6 heteroatoms. The first-order valence-electron chi connectivity index (χ1n) is 12.6. The van der Waals surface area contributed by atoms with E-state index in [2.05, 4.69) is 54.9 Å². The number of nitrogens with one attached hydrogen (secondary N) is 1. The van der Waals surface area contributed by atoms with Gasteiger partial charge in [-0.05, 0) is 57.7 Å². The number of imidazole rings is 1. The quantitative estimate of drug-likeness (QED) is 0.308. The third-order valence-corrected chi connectivity index (χ3v) is 6.77. The molecule has 0 spiro atoms. The van der Waals surface area contributed by atoms with Crippen molar-refractivity contribution in [1.29, 1.82) is 0 Å². The van der Waals surface area contributed by atoms with Crippen LogP contribution in [-0.4, -0.2) is 26.3 Å². The molecule has 4 aromatic rings. The fourth-order valence-electron chi connectivity index (χ4n) is 4.83. The standard InChI is InChI=1S/C31H32N4O2/c1-6-21-20-25(7-2)34-35-27(23-12-9-8-10-13-23)26(32-28(21)35)22-14-16-24(17-15-22)31(18-11-19-31)33-29(36)37-30(3,4)5/h6-10,12-17,20H,1-2,11,18-19H2,3-5H3,(H,33,36). The lowest BCUT2D eigenvalue weighted by atomic mass is 9.71. The summed E-state index contributed by atoms with van der Waals surface area (Å²) in [5.74, 6) is 0. The SMILES string of the molecule is C=Cc1cc(C=C)c2nc(-c3ccc(C4(NC(=O)OC(C)(C)C)CCC4)cc3)c(-c3ccccc3)n2n1. The maximum atomic E-state index is 12.6. The van der Waals surface area contributed by atoms with Gasteiger partial charge in [-0.3, -0.25) is 0 Å². The number of nitrogens with zero attached hydrogens (tertiary/aromatic N) is 3. The van der Waals surface area contributed by atoms with Crippen LogP contribution in [0.25, 0.3) is 40.3 Å². The number of carbonyl (C=O) groups excluding carboxylic acids is 1. The van der Waals surface area contributed by atoms with E-state index in [0.717, 1.165) is 64.2 Å². The van der Waals surface area contributed by atoms with Gasteiger partial charge >= 0.3 is 6.09 Å². The summed E-state index contributed by atoms with van der Waals surface area (Å²) in [6.45, 7) is 13.5. The van der Waals surface area contributed by atoms with Gasteiger partial charge in [-0.1, -0.05) is 73.8 Å². The first kappa shape index (κ1) is 24.5. The smallest absolute Gasteiger partial charge is 0.408 e. The van der Waals surface area contributed by atoms with Crippen molar-refractivity contribution >= 4 is 23.9 Å². The third kappa shape index (κ3) is 4.67. The molecule has 0 bridgehead atoms. The lowest BCUT2D eigenvalue weighted by Crippen LogP contribution is -2.52. The van der Waals surface area contributed by atoms with Gasteiger partial charge in [-0.2, -0.15) is 5.10 Å². The molecule has 6 nitrogen and oxygen atoms in total. The van der Waals surface area contributed by atoms with E-state index in [1.807, 2.05) is 49.6 Å². The van der Waals surface area contributed by atoms with E-state index in [4.69, 9.17) is 14.8 Å². The first-order valence-corrected chi connectivity index (χ1v) is 12.6. The predicted molar refractivity (Wildman–Crippen MR) is 149 cm³/mol. The Kier molecular flexibility index (Phi) is 6.20. The molecule has 0 atom stereocenters. The molecule has 0 radical (unpaired) electrons. The number of amides is 1. The Balaban J connectivity index is 1.58. The van der Waals surface area contributed by atoms with Gasteiger partial charge in [0.05, 0.1) is 16.9 Å². The summed E-state index contributed by atoms with van der Waals surface area (Å²) in [5, 5.41) is 7.93. The lowest BCUT2D eigenvalue weighted by molar-refractivity contribution is 0.0377. The highest BCUT2D eigenvalue weighted by atomic mass is 16.6. The van der Waals surface area contributed by atoms with Crippen molar-refractivity contribution < 1.29 is 9.53 Å². The molecule has 1 amide bonds. The van der Waals surface area contributed by atoms with Crippen LogP contribution < -0.4 is 5.32 Å². The van der Waals surface area contributed by atoms with Gasteiger partial charge in [0, 0.05) is 16.7 Å². The van der Waals surface area contributed by atoms with Crippen molar-refractivity contribution in [2.75, 3.05) is 0 Å². The van der Waals surface area contributed by atoms with Crippen LogP contribution in [0.15, 0.2) is 73.8 Å². The zero-order valence-corrected chi connectivity index (χ0v) is 21.6. The molecular formula is C31H32N4O2. The van der Waals surface area contributed by atoms with Crippen LogP contribution in [0, 0.1) is 0 Å². The molecule has 1 aliphatic rings. The maximum Gasteiger partial charge on any atom is 0.408 e. The largest absolute Gasteiger partial charge is 0.444 e. The van der Waals surface area contributed by atoms with Gasteiger partial charge < -0.3 is 10.1 Å². The highest BCUT2D eigenvalue weighted by Gasteiger charge is 2.41. The van der Waals surface area contributed by atoms with Crippen LogP contribution in [0.4, 0.5) is 4.79 Å². The Morgan fingerprint density at radius 2 is 1.73 bits per heavy atom. The van der Waals surface area contributed by atoms with Crippen molar-refractivity contribution in [1.82, 2.24) is 19.9 Å². The molecular weight excluding hydrogens is 460 g/mol. The minimum Gasteiger partial charge on any atom is -0.444 e. The van der Waals surface area contributed by atoms with E-state index in [1.54, 1.807) is 12.2 Å². The van der Waals surface area contributed by atoms with Crippen LogP contribution in [0.2, 0.25) is 0 Å². The van der Waals surface area contributed by atoms with Crippen molar-refractivity contribution in [3.63, 3.8) is 0 Å². The van der Waals surface area contributed by atoms with E-state index in [-0.39, 0.29) is 6.09 Å². The molecule has 2 aromatic heterocycles. The maximum absolute atomic E-state index is 12.6. The van der Waals surface area contributed by atoms with Gasteiger partial charge in [0.1, 0.15) is 11.3 Å². The lowest BCUT2D eigenvalue weighted by Gasteiger charge is -2.43. The Morgan fingerprint density at radius 3 is 2.30 bits per heavy atom. The van der Waals surface area contributed by atoms with Crippen LogP contribution in [0.3, 0.4) is 0 Å². The summed E-state index contributed by atoms with van der Waals surface area (Å²) >= 11 is 0. The molecule has 37 heavy (non-hydrogen) atoms. The minimum absolute atomic E-state index is 0.385. The van der Waals surface area contributed by atoms with Crippen LogP contribution in [0.5, 0.6) is 0 Å². The van der Waals surface area contributed by atoms with Gasteiger partial charge in [-0.25, -0.2) is 14.3 Å². The van der Waals surface area contributed by atoms with Gasteiger partial charge in [-0.15, -0.1) is 0 Å². The van der Waals surface area contributed by atoms with Crippen LogP contribution in [0.1, 0.15) is 56.9 Å². The zero-order chi connectivity index (χ0) is 26.2. The Bertz CT molecular complexity index is 1470. The molecule has 2 heterocycles. The number of hydrogen-bond donors (Lipinski definition) is 1. The number of ether oxygens (including phenoxy) is 1. The van der Waals surface area contributed by atoms with E-state index in [0.29, 0.717) is 0 Å². The fourth-order valence-corrected chi connectivity index (χ4v) is 4.83. The number of fused-ring (bicyclic) bond motifs is 1. The topological polar surface area (TPSA) is 68.5 Å². The van der Waals surface area contributed by atoms with Crippen LogP contribution in [-0.2, 0) is 10.3 Å². The Labute approximate surface area is 217 Å². The molecule has 0 aliphatic heterocycles. The number of hydrogen-bond acceptors (Lipinski definition) is 4. The van der Waals surface area contributed by atoms with E-state index >= 15 is 0 Å².